The topological polar surface area (TPSA) is 49.0 Å². The quantitative estimate of drug-likeness (QED) is 0.838. The zero-order chi connectivity index (χ0) is 11.1. The molecule has 0 aromatic carbocycles. The van der Waals surface area contributed by atoms with Crippen molar-refractivity contribution in [1.29, 1.82) is 0 Å². The number of carbonyl (C=O) groups is 1. The van der Waals surface area contributed by atoms with Gasteiger partial charge in [-0.15, -0.1) is 0 Å². The minimum atomic E-state index is 0.167. The van der Waals surface area contributed by atoms with Gasteiger partial charge in [-0.2, -0.15) is 5.10 Å². The van der Waals surface area contributed by atoms with Gasteiger partial charge in [0.2, 0.25) is 0 Å². The Kier molecular flexibility index (Phi) is 2.23. The molecular weight excluding hydrogens is 202 g/mol. The average molecular weight is 219 g/mol. The molecule has 0 atom stereocenters. The molecule has 2 fully saturated rings. The number of aryl methyl sites for hydroxylation is 1. The van der Waals surface area contributed by atoms with E-state index in [0.29, 0.717) is 6.04 Å². The van der Waals surface area contributed by atoms with Gasteiger partial charge in [0.05, 0.1) is 11.8 Å². The van der Waals surface area contributed by atoms with Crippen LogP contribution in [0.2, 0.25) is 0 Å². The lowest BCUT2D eigenvalue weighted by Crippen LogP contribution is -2.35. The monoisotopic (exact) mass is 219 g/mol. The van der Waals surface area contributed by atoms with Gasteiger partial charge in [0.1, 0.15) is 0 Å². The van der Waals surface area contributed by atoms with Crippen molar-refractivity contribution in [2.45, 2.75) is 38.6 Å². The van der Waals surface area contributed by atoms with E-state index < -0.39 is 0 Å². The smallest absolute Gasteiger partial charge is 0.257 e. The van der Waals surface area contributed by atoms with E-state index in [1.807, 2.05) is 6.92 Å². The predicted molar refractivity (Wildman–Crippen MR) is 60.1 cm³/mol. The van der Waals surface area contributed by atoms with Gasteiger partial charge >= 0.3 is 0 Å². The third kappa shape index (κ3) is 1.84. The Balaban J connectivity index is 1.77. The normalized spacial score (nSPS) is 19.8. The highest BCUT2D eigenvalue weighted by atomic mass is 16.2. The summed E-state index contributed by atoms with van der Waals surface area (Å²) in [6.45, 7) is 2.86. The summed E-state index contributed by atoms with van der Waals surface area (Å²) in [5.74, 6) is 0.928. The van der Waals surface area contributed by atoms with Crippen molar-refractivity contribution >= 4 is 5.91 Å². The Morgan fingerprint density at radius 1 is 1.50 bits per heavy atom. The molecule has 1 N–H and O–H groups in total. The molecule has 0 spiro atoms. The second kappa shape index (κ2) is 3.61. The van der Waals surface area contributed by atoms with E-state index in [4.69, 9.17) is 0 Å². The van der Waals surface area contributed by atoms with Crippen LogP contribution < -0.4 is 0 Å². The largest absolute Gasteiger partial charge is 0.335 e. The van der Waals surface area contributed by atoms with Crippen LogP contribution in [-0.4, -0.2) is 33.6 Å². The third-order valence-corrected chi connectivity index (χ3v) is 3.46. The van der Waals surface area contributed by atoms with Gasteiger partial charge < -0.3 is 4.90 Å². The molecule has 2 saturated carbocycles. The zero-order valence-electron chi connectivity index (χ0n) is 9.57. The predicted octanol–water partition coefficient (Wildman–Crippen LogP) is 1.73. The molecule has 0 saturated heterocycles. The fourth-order valence-electron chi connectivity index (χ4n) is 2.08. The van der Waals surface area contributed by atoms with E-state index in [2.05, 4.69) is 15.1 Å². The van der Waals surface area contributed by atoms with Crippen LogP contribution in [0.15, 0.2) is 6.20 Å². The Morgan fingerprint density at radius 3 is 2.75 bits per heavy atom. The molecule has 0 radical (unpaired) electrons. The molecule has 16 heavy (non-hydrogen) atoms. The molecule has 0 unspecified atom stereocenters. The van der Waals surface area contributed by atoms with Crippen LogP contribution in [0.3, 0.4) is 0 Å². The summed E-state index contributed by atoms with van der Waals surface area (Å²) in [4.78, 5) is 14.4. The summed E-state index contributed by atoms with van der Waals surface area (Å²) < 4.78 is 0. The molecule has 1 aromatic rings. The number of amides is 1. The summed E-state index contributed by atoms with van der Waals surface area (Å²) in [5, 5.41) is 6.76. The van der Waals surface area contributed by atoms with Crippen molar-refractivity contribution < 1.29 is 4.79 Å². The molecule has 3 rings (SSSR count). The highest BCUT2D eigenvalue weighted by molar-refractivity contribution is 5.95. The zero-order valence-corrected chi connectivity index (χ0v) is 9.57. The van der Waals surface area contributed by atoms with Crippen LogP contribution in [-0.2, 0) is 0 Å². The lowest BCUT2D eigenvalue weighted by Gasteiger charge is -2.21. The number of hydrogen-bond donors (Lipinski definition) is 1. The first-order chi connectivity index (χ1) is 7.75. The summed E-state index contributed by atoms with van der Waals surface area (Å²) in [5.41, 5.74) is 1.62. The van der Waals surface area contributed by atoms with E-state index in [1.165, 1.54) is 25.7 Å². The maximum absolute atomic E-state index is 12.3. The number of aromatic amines is 1. The Bertz CT molecular complexity index is 404. The molecule has 2 aliphatic carbocycles. The Labute approximate surface area is 95.0 Å². The van der Waals surface area contributed by atoms with Crippen molar-refractivity contribution in [2.24, 2.45) is 5.92 Å². The number of aromatic nitrogens is 2. The van der Waals surface area contributed by atoms with Crippen molar-refractivity contribution in [1.82, 2.24) is 15.1 Å². The van der Waals surface area contributed by atoms with Gasteiger partial charge in [0.15, 0.2) is 0 Å². The van der Waals surface area contributed by atoms with E-state index in [9.17, 15) is 4.79 Å². The van der Waals surface area contributed by atoms with Crippen molar-refractivity contribution in [2.75, 3.05) is 6.54 Å². The number of nitrogens with zero attached hydrogens (tertiary/aromatic N) is 2. The molecule has 1 amide bonds. The standard InChI is InChI=1S/C12H17N3O/c1-8-11(6-13-14-8)12(16)15(10-4-5-10)7-9-2-3-9/h6,9-10H,2-5,7H2,1H3,(H,13,14). The first kappa shape index (κ1) is 9.87. The minimum absolute atomic E-state index is 0.167. The van der Waals surface area contributed by atoms with Gasteiger partial charge in [-0.05, 0) is 38.5 Å². The molecule has 4 heteroatoms. The highest BCUT2D eigenvalue weighted by Crippen LogP contribution is 2.35. The van der Waals surface area contributed by atoms with Crippen molar-refractivity contribution in [3.63, 3.8) is 0 Å². The summed E-state index contributed by atoms with van der Waals surface area (Å²) in [7, 11) is 0. The summed E-state index contributed by atoms with van der Waals surface area (Å²) in [6.07, 6.45) is 6.59. The molecule has 1 heterocycles. The van der Waals surface area contributed by atoms with E-state index in [-0.39, 0.29) is 5.91 Å². The lowest BCUT2D eigenvalue weighted by atomic mass is 10.2. The number of H-pyrrole nitrogens is 1. The van der Waals surface area contributed by atoms with E-state index in [1.54, 1.807) is 6.20 Å². The van der Waals surface area contributed by atoms with Crippen LogP contribution >= 0.6 is 0 Å². The van der Waals surface area contributed by atoms with Crippen LogP contribution in [0.1, 0.15) is 41.7 Å². The molecule has 2 aliphatic rings. The van der Waals surface area contributed by atoms with Crippen LogP contribution in [0, 0.1) is 12.8 Å². The van der Waals surface area contributed by atoms with Gasteiger partial charge in [-0.1, -0.05) is 0 Å². The van der Waals surface area contributed by atoms with E-state index >= 15 is 0 Å². The second-order valence-corrected chi connectivity index (χ2v) is 5.04. The van der Waals surface area contributed by atoms with Gasteiger partial charge in [0.25, 0.3) is 5.91 Å². The first-order valence-electron chi connectivity index (χ1n) is 6.06. The molecular formula is C12H17N3O. The second-order valence-electron chi connectivity index (χ2n) is 5.04. The van der Waals surface area contributed by atoms with Gasteiger partial charge in [0, 0.05) is 18.3 Å². The first-order valence-corrected chi connectivity index (χ1v) is 6.06. The number of nitrogens with one attached hydrogen (secondary N) is 1. The van der Waals surface area contributed by atoms with E-state index in [0.717, 1.165) is 23.7 Å². The molecule has 4 nitrogen and oxygen atoms in total. The van der Waals surface area contributed by atoms with Crippen molar-refractivity contribution in [3.8, 4) is 0 Å². The van der Waals surface area contributed by atoms with Crippen LogP contribution in [0.25, 0.3) is 0 Å². The SMILES string of the molecule is Cc1[nH]ncc1C(=O)N(CC1CC1)C1CC1. The summed E-state index contributed by atoms with van der Waals surface area (Å²) >= 11 is 0. The summed E-state index contributed by atoms with van der Waals surface area (Å²) in [6, 6.07) is 0.502. The fourth-order valence-corrected chi connectivity index (χ4v) is 2.08. The molecule has 86 valence electrons. The minimum Gasteiger partial charge on any atom is -0.335 e. The maximum atomic E-state index is 12.3. The average Bonchev–Trinajstić information content (AvgIpc) is 3.14. The third-order valence-electron chi connectivity index (χ3n) is 3.46. The number of hydrogen-bond acceptors (Lipinski definition) is 2. The number of rotatable bonds is 4. The van der Waals surface area contributed by atoms with Crippen LogP contribution in [0.4, 0.5) is 0 Å². The Hall–Kier alpha value is -1.32. The van der Waals surface area contributed by atoms with Gasteiger partial charge in [-0.3, -0.25) is 9.89 Å². The maximum Gasteiger partial charge on any atom is 0.257 e. The molecule has 0 aliphatic heterocycles. The fraction of sp³-hybridized carbons (Fsp3) is 0.667. The molecule has 0 bridgehead atoms. The van der Waals surface area contributed by atoms with Crippen molar-refractivity contribution in [3.05, 3.63) is 17.5 Å². The number of carbonyl (C=O) groups excluding carboxylic acids is 1. The molecule has 1 aromatic heterocycles. The van der Waals surface area contributed by atoms with Gasteiger partial charge in [-0.25, -0.2) is 0 Å². The lowest BCUT2D eigenvalue weighted by molar-refractivity contribution is 0.0734. The van der Waals surface area contributed by atoms with Crippen LogP contribution in [0.5, 0.6) is 0 Å². The highest BCUT2D eigenvalue weighted by Gasteiger charge is 2.37. The Morgan fingerprint density at radius 2 is 2.25 bits per heavy atom.